The van der Waals surface area contributed by atoms with Crippen LogP contribution in [-0.4, -0.2) is 39.3 Å². The lowest BCUT2D eigenvalue weighted by Gasteiger charge is -2.40. The van der Waals surface area contributed by atoms with Gasteiger partial charge in [0.15, 0.2) is 5.96 Å². The summed E-state index contributed by atoms with van der Waals surface area (Å²) in [5.41, 5.74) is 0.441. The Balaban J connectivity index is 1.81. The minimum Gasteiger partial charge on any atom is -0.469 e. The molecule has 0 amide bonds. The topological polar surface area (TPSA) is 58.8 Å². The molecule has 0 unspecified atom stereocenters. The third kappa shape index (κ3) is 5.05. The van der Waals surface area contributed by atoms with Gasteiger partial charge in [-0.05, 0) is 36.8 Å². The summed E-state index contributed by atoms with van der Waals surface area (Å²) in [6.07, 6.45) is 7.76. The van der Waals surface area contributed by atoms with Crippen molar-refractivity contribution in [2.75, 3.05) is 33.4 Å². The van der Waals surface area contributed by atoms with Crippen molar-refractivity contribution in [2.45, 2.75) is 39.0 Å². The number of hydrogen-bond acceptors (Lipinski definition) is 3. The third-order valence-electron chi connectivity index (χ3n) is 4.58. The number of guanidine groups is 1. The van der Waals surface area contributed by atoms with Gasteiger partial charge in [0.1, 0.15) is 5.76 Å². The van der Waals surface area contributed by atoms with Crippen molar-refractivity contribution in [2.24, 2.45) is 10.4 Å². The van der Waals surface area contributed by atoms with Gasteiger partial charge in [-0.2, -0.15) is 0 Å². The molecular weight excluding hydrogens is 278 g/mol. The Morgan fingerprint density at radius 1 is 1.36 bits per heavy atom. The highest BCUT2D eigenvalue weighted by Gasteiger charge is 2.34. The van der Waals surface area contributed by atoms with E-state index in [9.17, 15) is 0 Å². The summed E-state index contributed by atoms with van der Waals surface area (Å²) < 4.78 is 10.4. The van der Waals surface area contributed by atoms with E-state index in [-0.39, 0.29) is 0 Å². The molecule has 5 nitrogen and oxygen atoms in total. The van der Waals surface area contributed by atoms with E-state index in [4.69, 9.17) is 14.1 Å². The second-order valence-electron chi connectivity index (χ2n) is 6.05. The van der Waals surface area contributed by atoms with Crippen LogP contribution in [0.1, 0.15) is 38.4 Å². The quantitative estimate of drug-likeness (QED) is 0.418. The predicted octanol–water partition coefficient (Wildman–Crippen LogP) is 2.58. The first-order valence-corrected chi connectivity index (χ1v) is 8.31. The minimum absolute atomic E-state index is 0.441. The van der Waals surface area contributed by atoms with Gasteiger partial charge in [0.2, 0.25) is 0 Å². The van der Waals surface area contributed by atoms with Crippen LogP contribution in [0.15, 0.2) is 27.8 Å². The van der Waals surface area contributed by atoms with Crippen LogP contribution in [-0.2, 0) is 11.2 Å². The third-order valence-corrected chi connectivity index (χ3v) is 4.58. The maximum absolute atomic E-state index is 5.35. The van der Waals surface area contributed by atoms with E-state index in [1.165, 1.54) is 25.7 Å². The zero-order valence-corrected chi connectivity index (χ0v) is 13.9. The molecule has 2 N–H and O–H groups in total. The molecule has 1 aromatic rings. The zero-order chi connectivity index (χ0) is 15.7. The van der Waals surface area contributed by atoms with Crippen LogP contribution in [0.3, 0.4) is 0 Å². The molecule has 1 aromatic heterocycles. The van der Waals surface area contributed by atoms with Crippen molar-refractivity contribution >= 4 is 5.96 Å². The number of nitrogens with one attached hydrogen (secondary N) is 2. The highest BCUT2D eigenvalue weighted by atomic mass is 16.5. The fourth-order valence-corrected chi connectivity index (χ4v) is 2.75. The average molecular weight is 307 g/mol. The van der Waals surface area contributed by atoms with Gasteiger partial charge >= 0.3 is 0 Å². The molecule has 0 bridgehead atoms. The molecule has 2 rings (SSSR count). The Bertz CT molecular complexity index is 433. The fourth-order valence-electron chi connectivity index (χ4n) is 2.75. The molecule has 0 radical (unpaired) electrons. The molecule has 22 heavy (non-hydrogen) atoms. The van der Waals surface area contributed by atoms with Crippen LogP contribution in [0.5, 0.6) is 0 Å². The van der Waals surface area contributed by atoms with Crippen LogP contribution < -0.4 is 10.6 Å². The van der Waals surface area contributed by atoms with Gasteiger partial charge in [0.25, 0.3) is 0 Å². The molecule has 5 heteroatoms. The second-order valence-corrected chi connectivity index (χ2v) is 6.05. The van der Waals surface area contributed by atoms with Crippen molar-refractivity contribution in [1.29, 1.82) is 0 Å². The first-order valence-electron chi connectivity index (χ1n) is 8.31. The first-order chi connectivity index (χ1) is 10.8. The van der Waals surface area contributed by atoms with E-state index in [2.05, 4.69) is 17.6 Å². The van der Waals surface area contributed by atoms with Crippen LogP contribution in [0, 0.1) is 5.41 Å². The smallest absolute Gasteiger partial charge is 0.191 e. The lowest BCUT2D eigenvalue weighted by atomic mass is 9.67. The average Bonchev–Trinajstić information content (AvgIpc) is 2.99. The Hall–Kier alpha value is -1.49. The SMILES string of the molecule is CCC1(CN=C(NCCOC)NCCc2ccco2)CCC1. The number of ether oxygens (including phenoxy) is 1. The van der Waals surface area contributed by atoms with Crippen LogP contribution >= 0.6 is 0 Å². The van der Waals surface area contributed by atoms with E-state index in [0.717, 1.165) is 37.8 Å². The lowest BCUT2D eigenvalue weighted by molar-refractivity contribution is 0.139. The van der Waals surface area contributed by atoms with Gasteiger partial charge in [-0.3, -0.25) is 4.99 Å². The number of nitrogens with zero attached hydrogens (tertiary/aromatic N) is 1. The number of aliphatic imine (C=N–C) groups is 1. The Morgan fingerprint density at radius 2 is 2.18 bits per heavy atom. The summed E-state index contributed by atoms with van der Waals surface area (Å²) in [6, 6.07) is 3.92. The van der Waals surface area contributed by atoms with Gasteiger partial charge in [-0.1, -0.05) is 13.3 Å². The first kappa shape index (κ1) is 16.9. The molecule has 1 aliphatic carbocycles. The van der Waals surface area contributed by atoms with E-state index >= 15 is 0 Å². The maximum Gasteiger partial charge on any atom is 0.191 e. The molecule has 0 aromatic carbocycles. The van der Waals surface area contributed by atoms with Gasteiger partial charge < -0.3 is 19.8 Å². The normalized spacial score (nSPS) is 17.1. The molecule has 124 valence electrons. The predicted molar refractivity (Wildman–Crippen MR) is 89.2 cm³/mol. The zero-order valence-electron chi connectivity index (χ0n) is 13.9. The summed E-state index contributed by atoms with van der Waals surface area (Å²) in [5, 5.41) is 6.71. The number of rotatable bonds is 9. The van der Waals surface area contributed by atoms with Crippen molar-refractivity contribution in [3.63, 3.8) is 0 Å². The number of furan rings is 1. The Kier molecular flexibility index (Phi) is 6.77. The minimum atomic E-state index is 0.441. The van der Waals surface area contributed by atoms with Crippen molar-refractivity contribution in [1.82, 2.24) is 10.6 Å². The van der Waals surface area contributed by atoms with Gasteiger partial charge in [0, 0.05) is 33.2 Å². The summed E-state index contributed by atoms with van der Waals surface area (Å²) in [7, 11) is 1.71. The molecule has 0 spiro atoms. The molecule has 0 atom stereocenters. The highest BCUT2D eigenvalue weighted by molar-refractivity contribution is 5.79. The molecule has 1 fully saturated rings. The molecule has 0 saturated heterocycles. The van der Waals surface area contributed by atoms with Crippen LogP contribution in [0.2, 0.25) is 0 Å². The molecular formula is C17H29N3O2. The largest absolute Gasteiger partial charge is 0.469 e. The van der Waals surface area contributed by atoms with Crippen LogP contribution in [0.25, 0.3) is 0 Å². The molecule has 1 saturated carbocycles. The second kappa shape index (κ2) is 8.83. The van der Waals surface area contributed by atoms with E-state index in [0.29, 0.717) is 12.0 Å². The van der Waals surface area contributed by atoms with Crippen molar-refractivity contribution < 1.29 is 9.15 Å². The molecule has 0 aliphatic heterocycles. The lowest BCUT2D eigenvalue weighted by Crippen LogP contribution is -2.41. The molecule has 1 heterocycles. The van der Waals surface area contributed by atoms with Crippen LogP contribution in [0.4, 0.5) is 0 Å². The summed E-state index contributed by atoms with van der Waals surface area (Å²) in [4.78, 5) is 4.79. The highest BCUT2D eigenvalue weighted by Crippen LogP contribution is 2.43. The Morgan fingerprint density at radius 3 is 2.77 bits per heavy atom. The summed E-state index contributed by atoms with van der Waals surface area (Å²) in [6.45, 7) is 5.44. The van der Waals surface area contributed by atoms with Gasteiger partial charge in [-0.15, -0.1) is 0 Å². The van der Waals surface area contributed by atoms with E-state index < -0.39 is 0 Å². The summed E-state index contributed by atoms with van der Waals surface area (Å²) in [5.74, 6) is 1.87. The Labute approximate surface area is 133 Å². The standard InChI is InChI=1S/C17H29N3O2/c1-3-17(8-5-9-17)14-20-16(19-11-13-21-2)18-10-7-15-6-4-12-22-15/h4,6,12H,3,5,7-11,13-14H2,1-2H3,(H2,18,19,20). The summed E-state index contributed by atoms with van der Waals surface area (Å²) >= 11 is 0. The monoisotopic (exact) mass is 307 g/mol. The van der Waals surface area contributed by atoms with E-state index in [1.54, 1.807) is 13.4 Å². The maximum atomic E-state index is 5.35. The van der Waals surface area contributed by atoms with Gasteiger partial charge in [-0.25, -0.2) is 0 Å². The number of hydrogen-bond donors (Lipinski definition) is 2. The fraction of sp³-hybridized carbons (Fsp3) is 0.706. The van der Waals surface area contributed by atoms with Crippen molar-refractivity contribution in [3.8, 4) is 0 Å². The number of methoxy groups -OCH3 is 1. The van der Waals surface area contributed by atoms with E-state index in [1.807, 2.05) is 12.1 Å². The van der Waals surface area contributed by atoms with Crippen molar-refractivity contribution in [3.05, 3.63) is 24.2 Å². The molecule has 1 aliphatic rings. The van der Waals surface area contributed by atoms with Gasteiger partial charge in [0.05, 0.1) is 12.9 Å².